The Morgan fingerprint density at radius 1 is 1.18 bits per heavy atom. The number of carbonyl (C=O) groups excluding carboxylic acids is 1. The molecule has 1 aliphatic heterocycles. The summed E-state index contributed by atoms with van der Waals surface area (Å²) in [5.41, 5.74) is 1.90. The van der Waals surface area contributed by atoms with Crippen LogP contribution in [0.5, 0.6) is 5.75 Å². The summed E-state index contributed by atoms with van der Waals surface area (Å²) < 4.78 is 5.39. The highest BCUT2D eigenvalue weighted by atomic mass is 16.5. The van der Waals surface area contributed by atoms with Gasteiger partial charge in [0.1, 0.15) is 17.1 Å². The largest absolute Gasteiger partial charge is 0.494 e. The second-order valence-electron chi connectivity index (χ2n) is 4.66. The number of benzene rings is 1. The second kappa shape index (κ2) is 6.22. The third-order valence-corrected chi connectivity index (χ3v) is 3.10. The highest BCUT2D eigenvalue weighted by Crippen LogP contribution is 2.17. The van der Waals surface area contributed by atoms with Crippen LogP contribution >= 0.6 is 0 Å². The van der Waals surface area contributed by atoms with Crippen molar-refractivity contribution < 1.29 is 9.53 Å². The minimum Gasteiger partial charge on any atom is -0.494 e. The molecule has 0 saturated heterocycles. The van der Waals surface area contributed by atoms with E-state index in [4.69, 9.17) is 4.74 Å². The summed E-state index contributed by atoms with van der Waals surface area (Å²) in [5, 5.41) is 2.73. The van der Waals surface area contributed by atoms with Gasteiger partial charge in [-0.1, -0.05) is 18.2 Å². The molecule has 110 valence electrons. The Labute approximate surface area is 128 Å². The normalized spacial score (nSPS) is 15.6. The van der Waals surface area contributed by atoms with E-state index in [1.165, 1.54) is 0 Å². The highest BCUT2D eigenvalue weighted by molar-refractivity contribution is 6.19. The summed E-state index contributed by atoms with van der Waals surface area (Å²) in [7, 11) is 0. The molecule has 1 N–H and O–H groups in total. The zero-order valence-corrected chi connectivity index (χ0v) is 12.1. The Hall–Kier alpha value is -2.95. The van der Waals surface area contributed by atoms with Gasteiger partial charge in [0.05, 0.1) is 6.61 Å². The van der Waals surface area contributed by atoms with E-state index in [0.717, 1.165) is 11.3 Å². The van der Waals surface area contributed by atoms with Gasteiger partial charge in [-0.3, -0.25) is 9.78 Å². The van der Waals surface area contributed by atoms with E-state index in [1.54, 1.807) is 18.3 Å². The molecule has 5 heteroatoms. The summed E-state index contributed by atoms with van der Waals surface area (Å²) in [6.45, 7) is 2.56. The first-order valence-corrected chi connectivity index (χ1v) is 7.02. The summed E-state index contributed by atoms with van der Waals surface area (Å²) in [6, 6.07) is 13.0. The number of aliphatic imine (C=N–C) groups is 1. The molecule has 0 spiro atoms. The summed E-state index contributed by atoms with van der Waals surface area (Å²) in [4.78, 5) is 20.5. The smallest absolute Gasteiger partial charge is 0.275 e. The van der Waals surface area contributed by atoms with E-state index in [2.05, 4.69) is 15.3 Å². The molecule has 1 aromatic heterocycles. The van der Waals surface area contributed by atoms with E-state index in [1.807, 2.05) is 43.3 Å². The van der Waals surface area contributed by atoms with Crippen molar-refractivity contribution in [1.82, 2.24) is 10.3 Å². The predicted molar refractivity (Wildman–Crippen MR) is 84.5 cm³/mol. The molecule has 3 rings (SSSR count). The Morgan fingerprint density at radius 3 is 2.68 bits per heavy atom. The Morgan fingerprint density at radius 2 is 2.00 bits per heavy atom. The number of nitrogens with one attached hydrogen (secondary N) is 1. The van der Waals surface area contributed by atoms with Crippen molar-refractivity contribution in [2.45, 2.75) is 6.92 Å². The number of hydrogen-bond acceptors (Lipinski definition) is 4. The van der Waals surface area contributed by atoms with E-state index < -0.39 is 0 Å². The molecule has 22 heavy (non-hydrogen) atoms. The molecule has 0 radical (unpaired) electrons. The van der Waals surface area contributed by atoms with Gasteiger partial charge in [-0.25, -0.2) is 4.99 Å². The Balaban J connectivity index is 1.84. The number of hydrogen-bond donors (Lipinski definition) is 1. The number of carbonyl (C=O) groups is 1. The minimum absolute atomic E-state index is 0.227. The lowest BCUT2D eigenvalue weighted by Gasteiger charge is -2.02. The van der Waals surface area contributed by atoms with Gasteiger partial charge in [0.25, 0.3) is 5.91 Å². The molecule has 0 unspecified atom stereocenters. The number of aromatic nitrogens is 1. The van der Waals surface area contributed by atoms with E-state index >= 15 is 0 Å². The first kappa shape index (κ1) is 14.0. The van der Waals surface area contributed by atoms with Crippen LogP contribution in [0.3, 0.4) is 0 Å². The van der Waals surface area contributed by atoms with Crippen LogP contribution in [0.4, 0.5) is 0 Å². The molecule has 0 atom stereocenters. The van der Waals surface area contributed by atoms with Gasteiger partial charge in [0, 0.05) is 6.20 Å². The molecule has 1 amide bonds. The average Bonchev–Trinajstić information content (AvgIpc) is 2.91. The maximum absolute atomic E-state index is 12.0. The van der Waals surface area contributed by atoms with Crippen LogP contribution in [0.15, 0.2) is 59.4 Å². The highest BCUT2D eigenvalue weighted by Gasteiger charge is 2.21. The average molecular weight is 293 g/mol. The molecule has 2 aromatic rings. The monoisotopic (exact) mass is 293 g/mol. The molecule has 1 aromatic carbocycles. The summed E-state index contributed by atoms with van der Waals surface area (Å²) in [5.74, 6) is 1.05. The number of nitrogens with zero attached hydrogens (tertiary/aromatic N) is 2. The van der Waals surface area contributed by atoms with Crippen LogP contribution in [-0.4, -0.2) is 23.3 Å². The van der Waals surface area contributed by atoms with Gasteiger partial charge in [-0.2, -0.15) is 0 Å². The molecule has 0 fully saturated rings. The third kappa shape index (κ3) is 3.03. The molecule has 0 aliphatic carbocycles. The number of rotatable bonds is 4. The molecule has 5 nitrogen and oxygen atoms in total. The maximum atomic E-state index is 12.0. The number of ether oxygens (including phenoxy) is 1. The quantitative estimate of drug-likeness (QED) is 0.880. The van der Waals surface area contributed by atoms with Crippen molar-refractivity contribution in [3.05, 3.63) is 65.6 Å². The van der Waals surface area contributed by atoms with E-state index in [-0.39, 0.29) is 5.91 Å². The standard InChI is InChI=1S/C17H15N3O2/c1-2-22-13-8-6-12(7-9-13)11-15-17(21)20-16(19-15)14-5-3-4-10-18-14/h3-11H,2H2,1H3,(H,19,20,21)/b15-11+. The van der Waals surface area contributed by atoms with Crippen molar-refractivity contribution in [1.29, 1.82) is 0 Å². The van der Waals surface area contributed by atoms with Gasteiger partial charge >= 0.3 is 0 Å². The van der Waals surface area contributed by atoms with Gasteiger partial charge in [0.15, 0.2) is 5.84 Å². The van der Waals surface area contributed by atoms with Gasteiger partial charge in [0.2, 0.25) is 0 Å². The fourth-order valence-electron chi connectivity index (χ4n) is 2.08. The fraction of sp³-hybridized carbons (Fsp3) is 0.118. The van der Waals surface area contributed by atoms with Crippen molar-refractivity contribution in [3.8, 4) is 5.75 Å². The van der Waals surface area contributed by atoms with Crippen LogP contribution in [-0.2, 0) is 4.79 Å². The van der Waals surface area contributed by atoms with Gasteiger partial charge in [-0.05, 0) is 42.8 Å². The van der Waals surface area contributed by atoms with E-state index in [0.29, 0.717) is 23.8 Å². The SMILES string of the molecule is CCOc1ccc(/C=C2/N=C(c3ccccn3)NC2=O)cc1. The van der Waals surface area contributed by atoms with Crippen LogP contribution < -0.4 is 10.1 Å². The summed E-state index contributed by atoms with van der Waals surface area (Å²) >= 11 is 0. The lowest BCUT2D eigenvalue weighted by molar-refractivity contribution is -0.115. The van der Waals surface area contributed by atoms with Crippen LogP contribution in [0.1, 0.15) is 18.2 Å². The number of amides is 1. The van der Waals surface area contributed by atoms with Crippen molar-refractivity contribution >= 4 is 17.8 Å². The predicted octanol–water partition coefficient (Wildman–Crippen LogP) is 2.40. The Bertz CT molecular complexity index is 734. The molecular formula is C17H15N3O2. The zero-order chi connectivity index (χ0) is 15.4. The first-order valence-electron chi connectivity index (χ1n) is 7.02. The molecule has 0 bridgehead atoms. The molecule has 1 aliphatic rings. The van der Waals surface area contributed by atoms with Crippen LogP contribution in [0.2, 0.25) is 0 Å². The van der Waals surface area contributed by atoms with Crippen molar-refractivity contribution in [3.63, 3.8) is 0 Å². The molecule has 2 heterocycles. The molecule has 0 saturated carbocycles. The topological polar surface area (TPSA) is 63.6 Å². The zero-order valence-electron chi connectivity index (χ0n) is 12.1. The van der Waals surface area contributed by atoms with Gasteiger partial charge < -0.3 is 10.1 Å². The van der Waals surface area contributed by atoms with Crippen LogP contribution in [0.25, 0.3) is 6.08 Å². The Kier molecular flexibility index (Phi) is 3.96. The third-order valence-electron chi connectivity index (χ3n) is 3.10. The van der Waals surface area contributed by atoms with Crippen molar-refractivity contribution in [2.24, 2.45) is 4.99 Å². The van der Waals surface area contributed by atoms with Gasteiger partial charge in [-0.15, -0.1) is 0 Å². The second-order valence-corrected chi connectivity index (χ2v) is 4.66. The fourth-order valence-corrected chi connectivity index (χ4v) is 2.08. The number of amidine groups is 1. The molecular weight excluding hydrogens is 278 g/mol. The lowest BCUT2D eigenvalue weighted by Crippen LogP contribution is -2.25. The summed E-state index contributed by atoms with van der Waals surface area (Å²) in [6.07, 6.45) is 3.40. The van der Waals surface area contributed by atoms with Crippen LogP contribution in [0, 0.1) is 0 Å². The first-order chi connectivity index (χ1) is 10.8. The van der Waals surface area contributed by atoms with Crippen molar-refractivity contribution in [2.75, 3.05) is 6.61 Å². The minimum atomic E-state index is -0.227. The number of pyridine rings is 1. The van der Waals surface area contributed by atoms with E-state index in [9.17, 15) is 4.79 Å². The lowest BCUT2D eigenvalue weighted by atomic mass is 10.2. The maximum Gasteiger partial charge on any atom is 0.275 e.